The second kappa shape index (κ2) is 10.9. The highest BCUT2D eigenvalue weighted by molar-refractivity contribution is 14.0. The molecule has 0 radical (unpaired) electrons. The van der Waals surface area contributed by atoms with Crippen LogP contribution in [0.4, 0.5) is 0 Å². The van der Waals surface area contributed by atoms with Gasteiger partial charge in [0.05, 0.1) is 12.9 Å². The maximum Gasteiger partial charge on any atom is 0.191 e. The van der Waals surface area contributed by atoms with Crippen LogP contribution in [0.1, 0.15) is 5.56 Å². The van der Waals surface area contributed by atoms with Gasteiger partial charge in [-0.05, 0) is 19.1 Å². The first kappa shape index (κ1) is 19.3. The lowest BCUT2D eigenvalue weighted by Gasteiger charge is -2.12. The second-order valence-electron chi connectivity index (χ2n) is 4.89. The van der Waals surface area contributed by atoms with Crippen LogP contribution in [0.25, 0.3) is 0 Å². The van der Waals surface area contributed by atoms with Crippen LogP contribution in [-0.4, -0.2) is 42.3 Å². The summed E-state index contributed by atoms with van der Waals surface area (Å²) in [6, 6.07) is 8.04. The molecular formula is C16H24IN5O. The Morgan fingerprint density at radius 1 is 1.22 bits per heavy atom. The summed E-state index contributed by atoms with van der Waals surface area (Å²) >= 11 is 0. The molecule has 7 heteroatoms. The summed E-state index contributed by atoms with van der Waals surface area (Å²) in [7, 11) is 1.76. The van der Waals surface area contributed by atoms with Crippen LogP contribution < -0.4 is 15.4 Å². The Labute approximate surface area is 154 Å². The molecule has 2 rings (SSSR count). The van der Waals surface area contributed by atoms with Gasteiger partial charge in [0, 0.05) is 32.5 Å². The molecule has 6 nitrogen and oxygen atoms in total. The second-order valence-corrected chi connectivity index (χ2v) is 4.89. The van der Waals surface area contributed by atoms with Crippen LogP contribution in [-0.2, 0) is 6.54 Å². The number of aryl methyl sites for hydroxylation is 1. The molecule has 1 aromatic heterocycles. The Kier molecular flexibility index (Phi) is 9.11. The van der Waals surface area contributed by atoms with Gasteiger partial charge >= 0.3 is 0 Å². The fourth-order valence-electron chi connectivity index (χ4n) is 1.92. The number of nitrogens with one attached hydrogen (secondary N) is 2. The average molecular weight is 429 g/mol. The molecule has 1 aromatic carbocycles. The molecule has 2 N–H and O–H groups in total. The van der Waals surface area contributed by atoms with E-state index in [0.717, 1.165) is 24.8 Å². The molecule has 23 heavy (non-hydrogen) atoms. The minimum atomic E-state index is 0. The Bertz CT molecular complexity index is 569. The van der Waals surface area contributed by atoms with Crippen molar-refractivity contribution in [2.24, 2.45) is 4.99 Å². The van der Waals surface area contributed by atoms with Gasteiger partial charge < -0.3 is 19.9 Å². The van der Waals surface area contributed by atoms with Gasteiger partial charge in [-0.15, -0.1) is 24.0 Å². The highest BCUT2D eigenvalue weighted by Gasteiger charge is 1.98. The van der Waals surface area contributed by atoms with E-state index < -0.39 is 0 Å². The van der Waals surface area contributed by atoms with E-state index in [2.05, 4.69) is 27.5 Å². The van der Waals surface area contributed by atoms with Crippen LogP contribution in [0.2, 0.25) is 0 Å². The van der Waals surface area contributed by atoms with E-state index in [0.29, 0.717) is 13.2 Å². The summed E-state index contributed by atoms with van der Waals surface area (Å²) in [4.78, 5) is 8.18. The molecule has 0 aliphatic heterocycles. The first-order chi connectivity index (χ1) is 10.8. The van der Waals surface area contributed by atoms with Gasteiger partial charge in [-0.1, -0.05) is 17.7 Å². The van der Waals surface area contributed by atoms with Crippen LogP contribution in [0.15, 0.2) is 48.0 Å². The topological polar surface area (TPSA) is 63.5 Å². The smallest absolute Gasteiger partial charge is 0.191 e. The van der Waals surface area contributed by atoms with E-state index in [1.165, 1.54) is 5.56 Å². The van der Waals surface area contributed by atoms with Crippen molar-refractivity contribution in [3.8, 4) is 5.75 Å². The molecule has 0 saturated heterocycles. The lowest BCUT2D eigenvalue weighted by molar-refractivity contribution is 0.322. The lowest BCUT2D eigenvalue weighted by atomic mass is 10.2. The van der Waals surface area contributed by atoms with Crippen molar-refractivity contribution in [1.82, 2.24) is 20.2 Å². The standard InChI is InChI=1S/C16H23N5O.HI/c1-14-3-5-15(6-4-14)22-12-9-20-16(17-2)19-8-11-21-10-7-18-13-21;/h3-7,10,13H,8-9,11-12H2,1-2H3,(H2,17,19,20);1H. The zero-order chi connectivity index (χ0) is 15.6. The normalized spacial score (nSPS) is 10.8. The first-order valence-electron chi connectivity index (χ1n) is 7.37. The highest BCUT2D eigenvalue weighted by atomic mass is 127. The number of hydrogen-bond donors (Lipinski definition) is 2. The molecule has 0 amide bonds. The van der Waals surface area contributed by atoms with E-state index >= 15 is 0 Å². The van der Waals surface area contributed by atoms with Crippen molar-refractivity contribution in [1.29, 1.82) is 0 Å². The molecule has 126 valence electrons. The number of halogens is 1. The predicted octanol–water partition coefficient (Wildman–Crippen LogP) is 2.05. The molecule has 0 aliphatic rings. The van der Waals surface area contributed by atoms with Gasteiger partial charge in [-0.2, -0.15) is 0 Å². The fourth-order valence-corrected chi connectivity index (χ4v) is 1.92. The minimum Gasteiger partial charge on any atom is -0.492 e. The Morgan fingerprint density at radius 2 is 1.96 bits per heavy atom. The monoisotopic (exact) mass is 429 g/mol. The molecule has 0 fully saturated rings. The predicted molar refractivity (Wildman–Crippen MR) is 104 cm³/mol. The molecule has 0 unspecified atom stereocenters. The van der Waals surface area contributed by atoms with E-state index in [9.17, 15) is 0 Å². The maximum atomic E-state index is 5.66. The molecule has 0 bridgehead atoms. The van der Waals surface area contributed by atoms with E-state index in [1.807, 2.05) is 35.0 Å². The fraction of sp³-hybridized carbons (Fsp3) is 0.375. The van der Waals surface area contributed by atoms with Crippen LogP contribution in [0, 0.1) is 6.92 Å². The summed E-state index contributed by atoms with van der Waals surface area (Å²) in [6.07, 6.45) is 5.51. The molecular weight excluding hydrogens is 405 g/mol. The van der Waals surface area contributed by atoms with Gasteiger partial charge in [0.2, 0.25) is 0 Å². The van der Waals surface area contributed by atoms with Gasteiger partial charge in [-0.3, -0.25) is 4.99 Å². The zero-order valence-corrected chi connectivity index (χ0v) is 15.9. The van der Waals surface area contributed by atoms with Crippen molar-refractivity contribution < 1.29 is 4.74 Å². The van der Waals surface area contributed by atoms with Crippen molar-refractivity contribution in [2.75, 3.05) is 26.7 Å². The number of aromatic nitrogens is 2. The molecule has 0 aliphatic carbocycles. The number of benzene rings is 1. The zero-order valence-electron chi connectivity index (χ0n) is 13.5. The summed E-state index contributed by atoms with van der Waals surface area (Å²) in [5.41, 5.74) is 1.23. The van der Waals surface area contributed by atoms with E-state index in [4.69, 9.17) is 4.74 Å². The van der Waals surface area contributed by atoms with Gasteiger partial charge in [0.25, 0.3) is 0 Å². The van der Waals surface area contributed by atoms with E-state index in [-0.39, 0.29) is 24.0 Å². The van der Waals surface area contributed by atoms with Crippen LogP contribution in [0.3, 0.4) is 0 Å². The van der Waals surface area contributed by atoms with E-state index in [1.54, 1.807) is 19.6 Å². The van der Waals surface area contributed by atoms with Crippen molar-refractivity contribution >= 4 is 29.9 Å². The maximum absolute atomic E-state index is 5.66. The van der Waals surface area contributed by atoms with Gasteiger partial charge in [0.15, 0.2) is 5.96 Å². The molecule has 2 aromatic rings. The first-order valence-corrected chi connectivity index (χ1v) is 7.37. The number of rotatable bonds is 7. The van der Waals surface area contributed by atoms with Gasteiger partial charge in [0.1, 0.15) is 12.4 Å². The van der Waals surface area contributed by atoms with Crippen LogP contribution >= 0.6 is 24.0 Å². The summed E-state index contributed by atoms with van der Waals surface area (Å²) in [5, 5.41) is 6.47. The SMILES string of the molecule is CN=C(NCCOc1ccc(C)cc1)NCCn1ccnc1.I. The minimum absolute atomic E-state index is 0. The van der Waals surface area contributed by atoms with Gasteiger partial charge in [-0.25, -0.2) is 4.98 Å². The largest absolute Gasteiger partial charge is 0.492 e. The lowest BCUT2D eigenvalue weighted by Crippen LogP contribution is -2.40. The Balaban J connectivity index is 0.00000264. The highest BCUT2D eigenvalue weighted by Crippen LogP contribution is 2.10. The Morgan fingerprint density at radius 3 is 2.61 bits per heavy atom. The summed E-state index contributed by atoms with van der Waals surface area (Å²) in [6.45, 7) is 4.98. The third-order valence-corrected chi connectivity index (χ3v) is 3.13. The Hall–Kier alpha value is -1.77. The number of nitrogens with zero attached hydrogens (tertiary/aromatic N) is 3. The number of ether oxygens (including phenoxy) is 1. The molecule has 0 spiro atoms. The summed E-state index contributed by atoms with van der Waals surface area (Å²) < 4.78 is 7.68. The molecule has 1 heterocycles. The quantitative estimate of drug-likeness (QED) is 0.306. The summed E-state index contributed by atoms with van der Waals surface area (Å²) in [5.74, 6) is 1.66. The third kappa shape index (κ3) is 7.36. The third-order valence-electron chi connectivity index (χ3n) is 3.13. The average Bonchev–Trinajstić information content (AvgIpc) is 3.04. The van der Waals surface area contributed by atoms with Crippen molar-refractivity contribution in [3.63, 3.8) is 0 Å². The van der Waals surface area contributed by atoms with Crippen molar-refractivity contribution in [3.05, 3.63) is 48.5 Å². The number of hydrogen-bond acceptors (Lipinski definition) is 3. The molecule has 0 atom stereocenters. The number of imidazole rings is 1. The molecule has 0 saturated carbocycles. The number of aliphatic imine (C=N–C) groups is 1. The van der Waals surface area contributed by atoms with Crippen LogP contribution in [0.5, 0.6) is 5.75 Å². The van der Waals surface area contributed by atoms with Crippen molar-refractivity contribution in [2.45, 2.75) is 13.5 Å². The number of guanidine groups is 1.